The molecule has 138 valence electrons. The average molecular weight is 365 g/mol. The first kappa shape index (κ1) is 17.1. The maximum Gasteiger partial charge on any atom is 0.351 e. The molecule has 1 aliphatic rings. The molecule has 0 spiro atoms. The number of H-pyrrole nitrogens is 1. The minimum atomic E-state index is -0.934. The Hall–Kier alpha value is -3.28. The van der Waals surface area contributed by atoms with Crippen molar-refractivity contribution in [2.45, 2.75) is 26.1 Å². The summed E-state index contributed by atoms with van der Waals surface area (Å²) in [6.45, 7) is 3.44. The zero-order valence-electron chi connectivity index (χ0n) is 15.0. The van der Waals surface area contributed by atoms with Crippen molar-refractivity contribution < 1.29 is 23.8 Å². The smallest absolute Gasteiger partial charge is 0.351 e. The number of carbonyl (C=O) groups is 2. The number of nitrogens with one attached hydrogen (secondary N) is 1. The largest absolute Gasteiger partial charge is 0.485 e. The summed E-state index contributed by atoms with van der Waals surface area (Å²) in [4.78, 5) is 28.5. The lowest BCUT2D eigenvalue weighted by molar-refractivity contribution is -0.157. The van der Waals surface area contributed by atoms with E-state index in [0.717, 1.165) is 16.6 Å². The fraction of sp³-hybridized carbons (Fsp3) is 0.238. The number of ether oxygens (including phenoxy) is 3. The molecule has 1 aromatic heterocycles. The number of aryl methyl sites for hydroxylation is 1. The van der Waals surface area contributed by atoms with Crippen molar-refractivity contribution in [2.24, 2.45) is 0 Å². The molecule has 0 unspecified atom stereocenters. The highest BCUT2D eigenvalue weighted by atomic mass is 16.6. The van der Waals surface area contributed by atoms with Gasteiger partial charge in [-0.25, -0.2) is 4.79 Å². The highest BCUT2D eigenvalue weighted by molar-refractivity contribution is 6.11. The quantitative estimate of drug-likeness (QED) is 0.566. The van der Waals surface area contributed by atoms with E-state index in [9.17, 15) is 9.59 Å². The van der Waals surface area contributed by atoms with Gasteiger partial charge in [0.1, 0.15) is 6.61 Å². The van der Waals surface area contributed by atoms with Gasteiger partial charge in [-0.3, -0.25) is 4.79 Å². The second-order valence-corrected chi connectivity index (χ2v) is 6.48. The van der Waals surface area contributed by atoms with Crippen LogP contribution in [0.3, 0.4) is 0 Å². The van der Waals surface area contributed by atoms with Gasteiger partial charge in [-0.05, 0) is 32.0 Å². The number of fused-ring (bicyclic) bond motifs is 2. The molecule has 6 nitrogen and oxygen atoms in total. The van der Waals surface area contributed by atoms with Crippen molar-refractivity contribution in [1.82, 2.24) is 4.98 Å². The van der Waals surface area contributed by atoms with Crippen LogP contribution in [0.1, 0.15) is 23.0 Å². The minimum absolute atomic E-state index is 0.0445. The summed E-state index contributed by atoms with van der Waals surface area (Å²) in [6, 6.07) is 14.6. The molecule has 2 atom stereocenters. The van der Waals surface area contributed by atoms with Crippen LogP contribution in [0.25, 0.3) is 10.9 Å². The van der Waals surface area contributed by atoms with Crippen molar-refractivity contribution in [3.05, 3.63) is 59.8 Å². The molecule has 4 rings (SSSR count). The van der Waals surface area contributed by atoms with Crippen LogP contribution in [0.4, 0.5) is 0 Å². The summed E-state index contributed by atoms with van der Waals surface area (Å²) in [5.41, 5.74) is 2.16. The van der Waals surface area contributed by atoms with Crippen LogP contribution in [0, 0.1) is 6.92 Å². The number of aromatic nitrogens is 1. The van der Waals surface area contributed by atoms with E-state index in [2.05, 4.69) is 4.98 Å². The summed E-state index contributed by atoms with van der Waals surface area (Å²) in [7, 11) is 0. The van der Waals surface area contributed by atoms with Gasteiger partial charge >= 0.3 is 5.97 Å². The van der Waals surface area contributed by atoms with Gasteiger partial charge in [0.05, 0.1) is 0 Å². The first-order valence-electron chi connectivity index (χ1n) is 8.75. The molecule has 3 aromatic rings. The Kier molecular flexibility index (Phi) is 4.32. The van der Waals surface area contributed by atoms with Gasteiger partial charge < -0.3 is 19.2 Å². The zero-order valence-corrected chi connectivity index (χ0v) is 15.0. The van der Waals surface area contributed by atoms with Crippen LogP contribution in [0.15, 0.2) is 48.5 Å². The summed E-state index contributed by atoms with van der Waals surface area (Å²) in [6.07, 6.45) is -1.84. The summed E-state index contributed by atoms with van der Waals surface area (Å²) < 4.78 is 16.6. The standard InChI is InChI=1S/C21H19NO5/c1-12-19(14-7-3-4-8-15(14)22-12)20(23)13(2)26-21(24)18-11-25-16-9-5-6-10-17(16)27-18/h3-10,13,18,22H,11H2,1-2H3/t13-,18+/m1/s1. The van der Waals surface area contributed by atoms with Gasteiger partial charge in [-0.2, -0.15) is 0 Å². The number of benzene rings is 2. The third-order valence-corrected chi connectivity index (χ3v) is 4.57. The normalized spacial score (nSPS) is 16.7. The predicted molar refractivity (Wildman–Crippen MR) is 99.3 cm³/mol. The van der Waals surface area contributed by atoms with Crippen molar-refractivity contribution in [2.75, 3.05) is 6.61 Å². The number of rotatable bonds is 4. The number of carbonyl (C=O) groups excluding carboxylic acids is 2. The summed E-state index contributed by atoms with van der Waals surface area (Å²) >= 11 is 0. The SMILES string of the molecule is Cc1[nH]c2ccccc2c1C(=O)[C@@H](C)OC(=O)[C@@H]1COc2ccccc2O1. The molecule has 1 N–H and O–H groups in total. The van der Waals surface area contributed by atoms with Crippen LogP contribution in [0.5, 0.6) is 11.5 Å². The lowest BCUT2D eigenvalue weighted by atomic mass is 10.0. The monoisotopic (exact) mass is 365 g/mol. The van der Waals surface area contributed by atoms with Crippen molar-refractivity contribution in [3.63, 3.8) is 0 Å². The van der Waals surface area contributed by atoms with Crippen LogP contribution in [-0.4, -0.2) is 35.6 Å². The summed E-state index contributed by atoms with van der Waals surface area (Å²) in [5, 5.41) is 0.814. The molecule has 0 saturated carbocycles. The van der Waals surface area contributed by atoms with Gasteiger partial charge in [0.25, 0.3) is 0 Å². The first-order valence-corrected chi connectivity index (χ1v) is 8.75. The fourth-order valence-electron chi connectivity index (χ4n) is 3.24. The van der Waals surface area contributed by atoms with Crippen molar-refractivity contribution in [3.8, 4) is 11.5 Å². The summed E-state index contributed by atoms with van der Waals surface area (Å²) in [5.74, 6) is 0.190. The molecule has 0 bridgehead atoms. The van der Waals surface area contributed by atoms with Crippen molar-refractivity contribution >= 4 is 22.7 Å². The van der Waals surface area contributed by atoms with E-state index in [1.54, 1.807) is 25.1 Å². The fourth-order valence-corrected chi connectivity index (χ4v) is 3.24. The molecular weight excluding hydrogens is 346 g/mol. The minimum Gasteiger partial charge on any atom is -0.485 e. The van der Waals surface area contributed by atoms with E-state index in [1.807, 2.05) is 37.3 Å². The highest BCUT2D eigenvalue weighted by Crippen LogP contribution is 2.31. The molecular formula is C21H19NO5. The molecule has 0 fully saturated rings. The maximum atomic E-state index is 12.9. The molecule has 0 amide bonds. The van der Waals surface area contributed by atoms with Crippen LogP contribution in [-0.2, 0) is 9.53 Å². The number of ketones is 1. The molecule has 2 aromatic carbocycles. The molecule has 27 heavy (non-hydrogen) atoms. The number of aromatic amines is 1. The van der Waals surface area contributed by atoms with Gasteiger partial charge in [-0.1, -0.05) is 30.3 Å². The Bertz CT molecular complexity index is 1020. The Balaban J connectivity index is 1.49. The third-order valence-electron chi connectivity index (χ3n) is 4.57. The van der Waals surface area contributed by atoms with Crippen LogP contribution >= 0.6 is 0 Å². The second-order valence-electron chi connectivity index (χ2n) is 6.48. The molecule has 0 saturated heterocycles. The molecule has 6 heteroatoms. The highest BCUT2D eigenvalue weighted by Gasteiger charge is 2.32. The van der Waals surface area contributed by atoms with Gasteiger partial charge in [0.2, 0.25) is 11.9 Å². The number of hydrogen-bond donors (Lipinski definition) is 1. The zero-order chi connectivity index (χ0) is 19.0. The maximum absolute atomic E-state index is 12.9. The lowest BCUT2D eigenvalue weighted by Crippen LogP contribution is -2.40. The first-order chi connectivity index (χ1) is 13.0. The Morgan fingerprint density at radius 1 is 1.11 bits per heavy atom. The number of esters is 1. The molecule has 2 heterocycles. The van der Waals surface area contributed by atoms with Gasteiger partial charge in [-0.15, -0.1) is 0 Å². The number of hydrogen-bond acceptors (Lipinski definition) is 5. The van der Waals surface area contributed by atoms with E-state index in [4.69, 9.17) is 14.2 Å². The Morgan fingerprint density at radius 3 is 2.63 bits per heavy atom. The van der Waals surface area contributed by atoms with Crippen LogP contribution in [0.2, 0.25) is 0 Å². The van der Waals surface area contributed by atoms with E-state index < -0.39 is 18.2 Å². The van der Waals surface area contributed by atoms with Crippen molar-refractivity contribution in [1.29, 1.82) is 0 Å². The van der Waals surface area contributed by atoms with Gasteiger partial charge in [0, 0.05) is 22.2 Å². The van der Waals surface area contributed by atoms with E-state index >= 15 is 0 Å². The number of Topliss-reactive ketones (excluding diaryl/α,β-unsaturated/α-hetero) is 1. The second kappa shape index (κ2) is 6.79. The lowest BCUT2D eigenvalue weighted by Gasteiger charge is -2.25. The van der Waals surface area contributed by atoms with Crippen LogP contribution < -0.4 is 9.47 Å². The molecule has 0 aliphatic carbocycles. The predicted octanol–water partition coefficient (Wildman–Crippen LogP) is 3.43. The van der Waals surface area contributed by atoms with E-state index in [0.29, 0.717) is 17.1 Å². The van der Waals surface area contributed by atoms with Gasteiger partial charge in [0.15, 0.2) is 17.6 Å². The Labute approximate surface area is 156 Å². The van der Waals surface area contributed by atoms with E-state index in [-0.39, 0.29) is 12.4 Å². The topological polar surface area (TPSA) is 77.6 Å². The Morgan fingerprint density at radius 2 is 1.81 bits per heavy atom. The van der Waals surface area contributed by atoms with E-state index in [1.165, 1.54) is 0 Å². The third kappa shape index (κ3) is 3.14. The number of para-hydroxylation sites is 3. The average Bonchev–Trinajstić information content (AvgIpc) is 3.02. The molecule has 0 radical (unpaired) electrons. The molecule has 1 aliphatic heterocycles.